The average Bonchev–Trinajstić information content (AvgIpc) is 2.60. The van der Waals surface area contributed by atoms with Gasteiger partial charge >= 0.3 is 0 Å². The first-order valence-electron chi connectivity index (χ1n) is 8.52. The van der Waals surface area contributed by atoms with Gasteiger partial charge in [0.05, 0.1) is 7.05 Å². The van der Waals surface area contributed by atoms with E-state index in [1.54, 1.807) is 0 Å². The van der Waals surface area contributed by atoms with Gasteiger partial charge < -0.3 is 15.5 Å². The zero-order chi connectivity index (χ0) is 19.3. The van der Waals surface area contributed by atoms with Crippen LogP contribution in [0.4, 0.5) is 11.4 Å². The minimum absolute atomic E-state index is 0.112. The summed E-state index contributed by atoms with van der Waals surface area (Å²) in [6, 6.07) is 12.9. The van der Waals surface area contributed by atoms with E-state index in [9.17, 15) is 9.59 Å². The minimum atomic E-state index is -0.358. The highest BCUT2D eigenvalue weighted by molar-refractivity contribution is 9.10. The van der Waals surface area contributed by atoms with E-state index in [0.717, 1.165) is 31.9 Å². The number of likely N-dealkylation sites (N-methyl/N-ethyl adjacent to an activating group) is 1. The smallest absolute Gasteiger partial charge is 0.282 e. The molecule has 2 aromatic carbocycles. The van der Waals surface area contributed by atoms with E-state index < -0.39 is 0 Å². The van der Waals surface area contributed by atoms with Gasteiger partial charge in [-0.05, 0) is 62.2 Å². The number of quaternary nitrogens is 1. The zero-order valence-electron chi connectivity index (χ0n) is 15.5. The molecule has 0 bridgehead atoms. The largest absolute Gasteiger partial charge is 0.321 e. The number of nitrogens with one attached hydrogen (secondary N) is 3. The number of aryl methyl sites for hydroxylation is 1. The predicted molar refractivity (Wildman–Crippen MR) is 109 cm³/mol. The van der Waals surface area contributed by atoms with Crippen molar-refractivity contribution in [2.45, 2.75) is 26.8 Å². The van der Waals surface area contributed by atoms with E-state index in [0.29, 0.717) is 0 Å². The highest BCUT2D eigenvalue weighted by Crippen LogP contribution is 2.17. The number of benzene rings is 2. The second-order valence-electron chi connectivity index (χ2n) is 6.54. The third-order valence-corrected chi connectivity index (χ3v) is 5.09. The molecule has 0 aliphatic rings. The van der Waals surface area contributed by atoms with Crippen LogP contribution in [-0.2, 0) is 9.59 Å². The molecule has 1 unspecified atom stereocenters. The van der Waals surface area contributed by atoms with Gasteiger partial charge in [-0.15, -0.1) is 0 Å². The first kappa shape index (κ1) is 20.1. The molecule has 2 amide bonds. The molecule has 2 atom stereocenters. The lowest BCUT2D eigenvalue weighted by Crippen LogP contribution is -3.14. The Morgan fingerprint density at radius 1 is 1.08 bits per heavy atom. The summed E-state index contributed by atoms with van der Waals surface area (Å²) in [4.78, 5) is 25.6. The van der Waals surface area contributed by atoms with Crippen molar-refractivity contribution in [1.82, 2.24) is 0 Å². The van der Waals surface area contributed by atoms with Gasteiger partial charge in [0.2, 0.25) is 0 Å². The molecule has 0 aliphatic heterocycles. The van der Waals surface area contributed by atoms with Crippen LogP contribution in [0.3, 0.4) is 0 Å². The molecule has 26 heavy (non-hydrogen) atoms. The molecule has 2 rings (SSSR count). The maximum Gasteiger partial charge on any atom is 0.282 e. The van der Waals surface area contributed by atoms with Crippen molar-refractivity contribution < 1.29 is 14.5 Å². The summed E-state index contributed by atoms with van der Waals surface area (Å²) in [5.74, 6) is -0.233. The Kier molecular flexibility index (Phi) is 6.94. The summed E-state index contributed by atoms with van der Waals surface area (Å²) in [5.41, 5.74) is 3.73. The molecular formula is C20H25BrN3O2+. The van der Waals surface area contributed by atoms with Crippen molar-refractivity contribution in [3.05, 3.63) is 58.1 Å². The van der Waals surface area contributed by atoms with Crippen LogP contribution >= 0.6 is 15.9 Å². The van der Waals surface area contributed by atoms with Crippen molar-refractivity contribution in [3.63, 3.8) is 0 Å². The summed E-state index contributed by atoms with van der Waals surface area (Å²) in [7, 11) is 1.84. The number of halogens is 1. The number of rotatable bonds is 6. The van der Waals surface area contributed by atoms with Crippen LogP contribution in [0.1, 0.15) is 18.1 Å². The molecule has 5 nitrogen and oxygen atoms in total. The van der Waals surface area contributed by atoms with E-state index in [4.69, 9.17) is 0 Å². The Labute approximate surface area is 162 Å². The zero-order valence-corrected chi connectivity index (χ0v) is 17.1. The van der Waals surface area contributed by atoms with Gasteiger partial charge in [0, 0.05) is 15.8 Å². The molecule has 2 aromatic rings. The summed E-state index contributed by atoms with van der Waals surface area (Å²) in [6.45, 7) is 6.02. The van der Waals surface area contributed by atoms with E-state index in [1.807, 2.05) is 70.3 Å². The lowest BCUT2D eigenvalue weighted by Gasteiger charge is -2.21. The fourth-order valence-electron chi connectivity index (χ4n) is 2.49. The molecule has 0 aliphatic carbocycles. The molecule has 6 heteroatoms. The number of hydrogen-bond acceptors (Lipinski definition) is 2. The summed E-state index contributed by atoms with van der Waals surface area (Å²) < 4.78 is 0.953. The molecule has 138 valence electrons. The normalized spacial score (nSPS) is 13.0. The van der Waals surface area contributed by atoms with Gasteiger partial charge in [-0.2, -0.15) is 0 Å². The van der Waals surface area contributed by atoms with Crippen LogP contribution in [0.2, 0.25) is 0 Å². The topological polar surface area (TPSA) is 62.6 Å². The van der Waals surface area contributed by atoms with Crippen LogP contribution in [0.5, 0.6) is 0 Å². The Balaban J connectivity index is 1.91. The van der Waals surface area contributed by atoms with E-state index in [1.165, 1.54) is 0 Å². The highest BCUT2D eigenvalue weighted by Gasteiger charge is 2.24. The van der Waals surface area contributed by atoms with Crippen LogP contribution in [0.25, 0.3) is 0 Å². The molecule has 0 heterocycles. The maximum atomic E-state index is 12.4. The fraction of sp³-hybridized carbons (Fsp3) is 0.300. The lowest BCUT2D eigenvalue weighted by molar-refractivity contribution is -0.885. The summed E-state index contributed by atoms with van der Waals surface area (Å²) in [5, 5.41) is 5.81. The maximum absolute atomic E-state index is 12.4. The third kappa shape index (κ3) is 5.41. The van der Waals surface area contributed by atoms with E-state index in [2.05, 4.69) is 26.6 Å². The standard InChI is InChI=1S/C20H24BrN3O2/c1-13-6-5-7-18(14(13)2)23-19(25)12-24(4)15(3)20(26)22-17-10-8-16(21)9-11-17/h5-11,15H,12H2,1-4H3,(H,22,26)(H,23,25)/p+1/t15-/m1/s1. The Bertz CT molecular complexity index is 790. The quantitative estimate of drug-likeness (QED) is 0.674. The second kappa shape index (κ2) is 8.96. The number of carbonyl (C=O) groups excluding carboxylic acids is 2. The number of amides is 2. The minimum Gasteiger partial charge on any atom is -0.321 e. The third-order valence-electron chi connectivity index (χ3n) is 4.56. The first-order valence-corrected chi connectivity index (χ1v) is 9.32. The van der Waals surface area contributed by atoms with Gasteiger partial charge in [-0.25, -0.2) is 0 Å². The molecule has 0 spiro atoms. The van der Waals surface area contributed by atoms with Gasteiger partial charge in [0.1, 0.15) is 0 Å². The number of hydrogen-bond donors (Lipinski definition) is 3. The van der Waals surface area contributed by atoms with Crippen LogP contribution in [0, 0.1) is 13.8 Å². The molecule has 0 saturated heterocycles. The number of carbonyl (C=O) groups is 2. The number of anilines is 2. The van der Waals surface area contributed by atoms with Crippen molar-refractivity contribution in [1.29, 1.82) is 0 Å². The summed E-state index contributed by atoms with van der Waals surface area (Å²) >= 11 is 3.37. The fourth-order valence-corrected chi connectivity index (χ4v) is 2.76. The molecule has 3 N–H and O–H groups in total. The molecule has 0 saturated carbocycles. The Morgan fingerprint density at radius 2 is 1.73 bits per heavy atom. The van der Waals surface area contributed by atoms with E-state index in [-0.39, 0.29) is 24.4 Å². The monoisotopic (exact) mass is 418 g/mol. The first-order chi connectivity index (χ1) is 12.3. The van der Waals surface area contributed by atoms with Crippen LogP contribution in [-0.4, -0.2) is 31.4 Å². The van der Waals surface area contributed by atoms with Gasteiger partial charge in [-0.3, -0.25) is 9.59 Å². The average molecular weight is 419 g/mol. The second-order valence-corrected chi connectivity index (χ2v) is 7.45. The van der Waals surface area contributed by atoms with E-state index >= 15 is 0 Å². The van der Waals surface area contributed by atoms with Crippen molar-refractivity contribution in [3.8, 4) is 0 Å². The van der Waals surface area contributed by atoms with Crippen LogP contribution < -0.4 is 15.5 Å². The van der Waals surface area contributed by atoms with Crippen LogP contribution in [0.15, 0.2) is 46.9 Å². The molecule has 0 aromatic heterocycles. The molecular weight excluding hydrogens is 394 g/mol. The van der Waals surface area contributed by atoms with Gasteiger partial charge in [0.25, 0.3) is 11.8 Å². The van der Waals surface area contributed by atoms with Gasteiger partial charge in [-0.1, -0.05) is 28.1 Å². The summed E-state index contributed by atoms with van der Waals surface area (Å²) in [6.07, 6.45) is 0. The molecule has 0 fully saturated rings. The van der Waals surface area contributed by atoms with Gasteiger partial charge in [0.15, 0.2) is 12.6 Å². The lowest BCUT2D eigenvalue weighted by atomic mass is 10.1. The van der Waals surface area contributed by atoms with Crippen molar-refractivity contribution in [2.24, 2.45) is 0 Å². The predicted octanol–water partition coefficient (Wildman–Crippen LogP) is 2.55. The van der Waals surface area contributed by atoms with Crippen molar-refractivity contribution >= 4 is 39.1 Å². The molecule has 0 radical (unpaired) electrons. The Hall–Kier alpha value is -2.18. The highest BCUT2D eigenvalue weighted by atomic mass is 79.9. The van der Waals surface area contributed by atoms with Crippen molar-refractivity contribution in [2.75, 3.05) is 24.2 Å². The Morgan fingerprint density at radius 3 is 2.38 bits per heavy atom. The SMILES string of the molecule is Cc1cccc(NC(=O)C[NH+](C)[C@H](C)C(=O)Nc2ccc(Br)cc2)c1C.